The number of hydrogen-bond acceptors (Lipinski definition) is 4. The van der Waals surface area contributed by atoms with Crippen molar-refractivity contribution < 1.29 is 24.3 Å². The molecule has 1 aliphatic heterocycles. The molecule has 2 N–H and O–H groups in total. The lowest BCUT2D eigenvalue weighted by Crippen LogP contribution is -2.50. The third kappa shape index (κ3) is 3.53. The number of nitrogens with zero attached hydrogens (tertiary/aromatic N) is 1. The monoisotopic (exact) mass is 402 g/mol. The number of amides is 3. The van der Waals surface area contributed by atoms with Gasteiger partial charge in [0, 0.05) is 22.9 Å². The van der Waals surface area contributed by atoms with Crippen LogP contribution >= 0.6 is 0 Å². The van der Waals surface area contributed by atoms with Crippen LogP contribution in [0.3, 0.4) is 0 Å². The van der Waals surface area contributed by atoms with Crippen molar-refractivity contribution in [2.24, 2.45) is 0 Å². The van der Waals surface area contributed by atoms with Crippen molar-refractivity contribution in [1.82, 2.24) is 10.2 Å². The van der Waals surface area contributed by atoms with Gasteiger partial charge in [-0.25, -0.2) is 4.79 Å². The summed E-state index contributed by atoms with van der Waals surface area (Å²) in [6.07, 6.45) is 0.0892. The molecule has 4 rings (SSSR count). The van der Waals surface area contributed by atoms with E-state index in [0.29, 0.717) is 16.5 Å². The van der Waals surface area contributed by atoms with E-state index in [1.165, 1.54) is 0 Å². The minimum Gasteiger partial charge on any atom is -0.480 e. The molecular formula is C23H18N2O5. The standard InChI is InChI=1S/C23H18N2O5/c26-19(24-18(23(29)30)12-14-6-2-1-3-7-14)13-25-21(27)16-10-4-8-15-9-5-11-17(20(15)16)22(25)28/h1-11,18H,12-13H2,(H,24,26)(H,29,30). The Labute approximate surface area is 171 Å². The molecule has 0 fully saturated rings. The van der Waals surface area contributed by atoms with Crippen molar-refractivity contribution in [3.05, 3.63) is 83.4 Å². The molecule has 7 heteroatoms. The Morgan fingerprint density at radius 2 is 1.47 bits per heavy atom. The molecule has 150 valence electrons. The Bertz CT molecular complexity index is 1120. The quantitative estimate of drug-likeness (QED) is 0.616. The molecule has 0 spiro atoms. The van der Waals surface area contributed by atoms with E-state index in [1.54, 1.807) is 48.5 Å². The highest BCUT2D eigenvalue weighted by Gasteiger charge is 2.34. The summed E-state index contributed by atoms with van der Waals surface area (Å²) < 4.78 is 0. The zero-order chi connectivity index (χ0) is 21.3. The van der Waals surface area contributed by atoms with Crippen LogP contribution in [0.5, 0.6) is 0 Å². The van der Waals surface area contributed by atoms with Gasteiger partial charge in [-0.3, -0.25) is 19.3 Å². The van der Waals surface area contributed by atoms with Crippen molar-refractivity contribution in [3.8, 4) is 0 Å². The predicted octanol–water partition coefficient (Wildman–Crippen LogP) is 2.25. The van der Waals surface area contributed by atoms with Gasteiger partial charge < -0.3 is 10.4 Å². The van der Waals surface area contributed by atoms with Crippen LogP contribution in [0.15, 0.2) is 66.7 Å². The smallest absolute Gasteiger partial charge is 0.326 e. The van der Waals surface area contributed by atoms with Crippen molar-refractivity contribution in [1.29, 1.82) is 0 Å². The van der Waals surface area contributed by atoms with Gasteiger partial charge in [0.15, 0.2) is 0 Å². The number of aliphatic carboxylic acids is 1. The fourth-order valence-electron chi connectivity index (χ4n) is 3.66. The largest absolute Gasteiger partial charge is 0.480 e. The maximum Gasteiger partial charge on any atom is 0.326 e. The SMILES string of the molecule is O=C(CN1C(=O)c2cccc3cccc(c23)C1=O)NC(Cc1ccccc1)C(=O)O. The zero-order valence-corrected chi connectivity index (χ0v) is 15.9. The molecule has 0 aromatic heterocycles. The van der Waals surface area contributed by atoms with Gasteiger partial charge in [0.2, 0.25) is 5.91 Å². The second-order valence-corrected chi connectivity index (χ2v) is 7.05. The highest BCUT2D eigenvalue weighted by Crippen LogP contribution is 2.29. The summed E-state index contributed by atoms with van der Waals surface area (Å²) in [5.41, 5.74) is 1.43. The Balaban J connectivity index is 1.54. The van der Waals surface area contributed by atoms with Gasteiger partial charge in [0.25, 0.3) is 11.8 Å². The number of carboxylic acids is 1. The molecule has 1 unspecified atom stereocenters. The second kappa shape index (κ2) is 7.79. The van der Waals surface area contributed by atoms with Gasteiger partial charge in [-0.05, 0) is 23.1 Å². The Kier molecular flexibility index (Phi) is 5.02. The van der Waals surface area contributed by atoms with E-state index >= 15 is 0 Å². The van der Waals surface area contributed by atoms with Gasteiger partial charge in [-0.15, -0.1) is 0 Å². The molecular weight excluding hydrogens is 384 g/mol. The summed E-state index contributed by atoms with van der Waals surface area (Å²) in [6, 6.07) is 18.0. The minimum atomic E-state index is -1.20. The van der Waals surface area contributed by atoms with Crippen LogP contribution in [-0.2, 0) is 16.0 Å². The number of carboxylic acid groups (broad SMARTS) is 1. The lowest BCUT2D eigenvalue weighted by Gasteiger charge is -2.27. The first-order valence-electron chi connectivity index (χ1n) is 9.39. The minimum absolute atomic E-state index is 0.0892. The topological polar surface area (TPSA) is 104 Å². The molecule has 0 aliphatic carbocycles. The molecule has 3 amide bonds. The van der Waals surface area contributed by atoms with E-state index in [2.05, 4.69) is 5.32 Å². The predicted molar refractivity (Wildman–Crippen MR) is 109 cm³/mol. The van der Waals surface area contributed by atoms with Gasteiger partial charge >= 0.3 is 5.97 Å². The molecule has 7 nitrogen and oxygen atoms in total. The van der Waals surface area contributed by atoms with E-state index < -0.39 is 36.3 Å². The van der Waals surface area contributed by atoms with Crippen LogP contribution in [0, 0.1) is 0 Å². The molecule has 0 saturated heterocycles. The van der Waals surface area contributed by atoms with Gasteiger partial charge in [-0.1, -0.05) is 54.6 Å². The Morgan fingerprint density at radius 1 is 0.867 bits per heavy atom. The molecule has 3 aromatic carbocycles. The molecule has 1 aliphatic rings. The van der Waals surface area contributed by atoms with Gasteiger partial charge in [0.05, 0.1) is 0 Å². The number of carbonyl (C=O) groups excluding carboxylic acids is 3. The first kappa shape index (κ1) is 19.3. The first-order valence-corrected chi connectivity index (χ1v) is 9.39. The average molecular weight is 402 g/mol. The van der Waals surface area contributed by atoms with E-state index in [0.717, 1.165) is 15.8 Å². The lowest BCUT2D eigenvalue weighted by atomic mass is 9.94. The van der Waals surface area contributed by atoms with Gasteiger partial charge in [0.1, 0.15) is 12.6 Å². The number of benzene rings is 3. The van der Waals surface area contributed by atoms with Crippen LogP contribution < -0.4 is 5.32 Å². The summed E-state index contributed by atoms with van der Waals surface area (Å²) in [6.45, 7) is -0.555. The summed E-state index contributed by atoms with van der Waals surface area (Å²) in [5.74, 6) is -3.06. The van der Waals surface area contributed by atoms with Crippen LogP contribution in [0.4, 0.5) is 0 Å². The van der Waals surface area contributed by atoms with Crippen LogP contribution in [0.2, 0.25) is 0 Å². The maximum absolute atomic E-state index is 12.9. The maximum atomic E-state index is 12.9. The van der Waals surface area contributed by atoms with Crippen LogP contribution in [-0.4, -0.2) is 46.3 Å². The third-order valence-electron chi connectivity index (χ3n) is 5.07. The lowest BCUT2D eigenvalue weighted by molar-refractivity contribution is -0.141. The second-order valence-electron chi connectivity index (χ2n) is 7.05. The van der Waals surface area contributed by atoms with Crippen LogP contribution in [0.25, 0.3) is 10.8 Å². The number of rotatable bonds is 6. The van der Waals surface area contributed by atoms with Crippen molar-refractivity contribution in [2.45, 2.75) is 12.5 Å². The Hall–Kier alpha value is -4.00. The molecule has 0 saturated carbocycles. The van der Waals surface area contributed by atoms with Crippen molar-refractivity contribution in [3.63, 3.8) is 0 Å². The van der Waals surface area contributed by atoms with E-state index in [4.69, 9.17) is 0 Å². The van der Waals surface area contributed by atoms with Crippen LogP contribution in [0.1, 0.15) is 26.3 Å². The summed E-state index contributed by atoms with van der Waals surface area (Å²) in [7, 11) is 0. The highest BCUT2D eigenvalue weighted by molar-refractivity contribution is 6.26. The zero-order valence-electron chi connectivity index (χ0n) is 15.9. The average Bonchev–Trinajstić information content (AvgIpc) is 2.75. The molecule has 1 atom stereocenters. The van der Waals surface area contributed by atoms with Crippen molar-refractivity contribution in [2.75, 3.05) is 6.54 Å². The summed E-state index contributed by atoms with van der Waals surface area (Å²) in [5, 5.41) is 13.2. The Morgan fingerprint density at radius 3 is 2.03 bits per heavy atom. The molecule has 1 heterocycles. The first-order chi connectivity index (χ1) is 14.5. The van der Waals surface area contributed by atoms with Gasteiger partial charge in [-0.2, -0.15) is 0 Å². The third-order valence-corrected chi connectivity index (χ3v) is 5.07. The molecule has 3 aromatic rings. The fourth-order valence-corrected chi connectivity index (χ4v) is 3.66. The number of nitrogens with one attached hydrogen (secondary N) is 1. The number of carbonyl (C=O) groups is 4. The molecule has 30 heavy (non-hydrogen) atoms. The summed E-state index contributed by atoms with van der Waals surface area (Å²) >= 11 is 0. The fraction of sp³-hybridized carbons (Fsp3) is 0.130. The summed E-state index contributed by atoms with van der Waals surface area (Å²) in [4.78, 5) is 50.7. The normalized spacial score (nSPS) is 13.9. The van der Waals surface area contributed by atoms with E-state index in [1.807, 2.05) is 18.2 Å². The van der Waals surface area contributed by atoms with E-state index in [-0.39, 0.29) is 6.42 Å². The number of imide groups is 1. The molecule has 0 radical (unpaired) electrons. The highest BCUT2D eigenvalue weighted by atomic mass is 16.4. The molecule has 0 bridgehead atoms. The van der Waals surface area contributed by atoms with E-state index in [9.17, 15) is 24.3 Å². The number of hydrogen-bond donors (Lipinski definition) is 2. The van der Waals surface area contributed by atoms with Crippen molar-refractivity contribution >= 4 is 34.5 Å².